The Morgan fingerprint density at radius 1 is 0.667 bits per heavy atom. The monoisotopic (exact) mass is 432 g/mol. The summed E-state index contributed by atoms with van der Waals surface area (Å²) in [5, 5.41) is 0. The van der Waals surface area contributed by atoms with E-state index in [0.717, 1.165) is 0 Å². The molecule has 33 heavy (non-hydrogen) atoms. The summed E-state index contributed by atoms with van der Waals surface area (Å²) >= 11 is 0. The van der Waals surface area contributed by atoms with Crippen molar-refractivity contribution in [2.75, 3.05) is 33.7 Å². The molecule has 1 spiro atoms. The van der Waals surface area contributed by atoms with E-state index in [-0.39, 0.29) is 10.8 Å². The maximum atomic E-state index is 2.70. The molecule has 0 saturated heterocycles. The largest absolute Gasteiger partial charge is 0.352 e. The molecule has 2 saturated carbocycles. The predicted molar refractivity (Wildman–Crippen MR) is 134 cm³/mol. The fourth-order valence-electron chi connectivity index (χ4n) is 10.1. The van der Waals surface area contributed by atoms with Gasteiger partial charge in [-0.15, -0.1) is 0 Å². The quantitative estimate of drug-likeness (QED) is 0.480. The van der Waals surface area contributed by atoms with Crippen LogP contribution in [0, 0.1) is 16.7 Å². The van der Waals surface area contributed by atoms with Crippen molar-refractivity contribution in [1.29, 1.82) is 0 Å². The number of benzene rings is 3. The Morgan fingerprint density at radius 3 is 1.73 bits per heavy atom. The topological polar surface area (TPSA) is 13.0 Å². The van der Waals surface area contributed by atoms with E-state index in [1.54, 1.807) is 5.56 Å². The summed E-state index contributed by atoms with van der Waals surface area (Å²) in [4.78, 5) is 10.5. The smallest absolute Gasteiger partial charge is 0.113 e. The van der Waals surface area contributed by atoms with Crippen molar-refractivity contribution in [3.05, 3.63) is 72.3 Å². The first-order valence-corrected chi connectivity index (χ1v) is 12.4. The number of para-hydroxylation sites is 4. The summed E-state index contributed by atoms with van der Waals surface area (Å²) in [6.07, 6.45) is 2.02. The highest BCUT2D eigenvalue weighted by atomic mass is 15.5. The van der Waals surface area contributed by atoms with Crippen LogP contribution >= 0.6 is 0 Å². The second kappa shape index (κ2) is 4.72. The van der Waals surface area contributed by atoms with Crippen LogP contribution in [0.2, 0.25) is 0 Å². The normalized spacial score (nSPS) is 38.8. The van der Waals surface area contributed by atoms with Crippen molar-refractivity contribution in [3.63, 3.8) is 0 Å². The lowest BCUT2D eigenvalue weighted by Gasteiger charge is -2.57. The molecule has 164 valence electrons. The Hall–Kier alpha value is -3.14. The van der Waals surface area contributed by atoms with Crippen LogP contribution in [0.25, 0.3) is 0 Å². The molecule has 2 fully saturated rings. The van der Waals surface area contributed by atoms with Gasteiger partial charge in [0.1, 0.15) is 12.3 Å². The number of hydrogen-bond acceptors (Lipinski definition) is 4. The second-order valence-corrected chi connectivity index (χ2v) is 11.3. The van der Waals surface area contributed by atoms with Gasteiger partial charge < -0.3 is 19.6 Å². The van der Waals surface area contributed by atoms with Crippen molar-refractivity contribution in [2.45, 2.75) is 38.0 Å². The van der Waals surface area contributed by atoms with Crippen LogP contribution in [0.15, 0.2) is 66.7 Å². The van der Waals surface area contributed by atoms with Crippen LogP contribution in [0.4, 0.5) is 34.1 Å². The van der Waals surface area contributed by atoms with Crippen molar-refractivity contribution >= 4 is 34.1 Å². The summed E-state index contributed by atoms with van der Waals surface area (Å²) in [6.45, 7) is 5.05. The van der Waals surface area contributed by atoms with Crippen LogP contribution < -0.4 is 19.6 Å². The molecule has 4 nitrogen and oxygen atoms in total. The van der Waals surface area contributed by atoms with Crippen LogP contribution in [0.1, 0.15) is 25.8 Å². The minimum absolute atomic E-state index is 0.265. The maximum absolute atomic E-state index is 2.70. The molecule has 0 N–H and O–H groups in total. The SMILES string of the molecule is CCC12C3N(C)c4ccccc4N3c3cccc4c3C13C2C3(C)C1N(C)c2ccccc2N41. The zero-order valence-corrected chi connectivity index (χ0v) is 19.6. The zero-order chi connectivity index (χ0) is 22.1. The molecule has 6 unspecified atom stereocenters. The third kappa shape index (κ3) is 1.31. The Labute approximate surface area is 195 Å². The summed E-state index contributed by atoms with van der Waals surface area (Å²) in [5.41, 5.74) is 10.8. The second-order valence-electron chi connectivity index (χ2n) is 11.3. The van der Waals surface area contributed by atoms with Crippen molar-refractivity contribution < 1.29 is 0 Å². The first-order valence-electron chi connectivity index (χ1n) is 12.4. The highest BCUT2D eigenvalue weighted by Gasteiger charge is 3.07. The molecule has 0 bridgehead atoms. The molecule has 4 heteroatoms. The van der Waals surface area contributed by atoms with E-state index in [4.69, 9.17) is 0 Å². The van der Waals surface area contributed by atoms with Crippen LogP contribution in [0.3, 0.4) is 0 Å². The van der Waals surface area contributed by atoms with Gasteiger partial charge >= 0.3 is 0 Å². The molecule has 0 aromatic heterocycles. The summed E-state index contributed by atoms with van der Waals surface area (Å²) in [5.74, 6) is 0.709. The summed E-state index contributed by atoms with van der Waals surface area (Å²) < 4.78 is 0. The van der Waals surface area contributed by atoms with Crippen molar-refractivity contribution in [2.24, 2.45) is 16.7 Å². The minimum atomic E-state index is 0.265. The van der Waals surface area contributed by atoms with Gasteiger partial charge in [0.25, 0.3) is 0 Å². The molecule has 0 amide bonds. The first kappa shape index (κ1) is 17.4. The fraction of sp³-hybridized carbons (Fsp3) is 0.379. The molecular formula is C29H28N4. The first-order chi connectivity index (χ1) is 16.1. The molecule has 2 aliphatic carbocycles. The van der Waals surface area contributed by atoms with Gasteiger partial charge in [-0.3, -0.25) is 0 Å². The van der Waals surface area contributed by atoms with Gasteiger partial charge in [-0.2, -0.15) is 0 Å². The molecule has 4 aliphatic heterocycles. The van der Waals surface area contributed by atoms with E-state index >= 15 is 0 Å². The van der Waals surface area contributed by atoms with Crippen molar-refractivity contribution in [3.8, 4) is 0 Å². The third-order valence-corrected chi connectivity index (χ3v) is 10.7. The average molecular weight is 433 g/mol. The van der Waals surface area contributed by atoms with Gasteiger partial charge in [-0.1, -0.05) is 44.2 Å². The summed E-state index contributed by atoms with van der Waals surface area (Å²) in [6, 6.07) is 25.1. The van der Waals surface area contributed by atoms with E-state index in [9.17, 15) is 0 Å². The molecule has 3 aromatic rings. The van der Waals surface area contributed by atoms with E-state index in [1.165, 1.54) is 40.5 Å². The van der Waals surface area contributed by atoms with E-state index < -0.39 is 0 Å². The van der Waals surface area contributed by atoms with Crippen LogP contribution in [-0.4, -0.2) is 26.4 Å². The third-order valence-electron chi connectivity index (χ3n) is 10.7. The maximum Gasteiger partial charge on any atom is 0.113 e. The number of nitrogens with zero attached hydrogens (tertiary/aromatic N) is 4. The molecule has 6 aliphatic rings. The highest BCUT2D eigenvalue weighted by molar-refractivity contribution is 5.98. The van der Waals surface area contributed by atoms with Crippen LogP contribution in [-0.2, 0) is 5.41 Å². The zero-order valence-electron chi connectivity index (χ0n) is 19.6. The Bertz CT molecular complexity index is 1420. The van der Waals surface area contributed by atoms with Gasteiger partial charge in [-0.05, 0) is 48.7 Å². The number of fused-ring (bicyclic) bond motifs is 12. The molecule has 6 atom stereocenters. The van der Waals surface area contributed by atoms with E-state index in [0.29, 0.717) is 23.7 Å². The number of rotatable bonds is 1. The molecule has 4 heterocycles. The lowest BCUT2D eigenvalue weighted by molar-refractivity contribution is 0.111. The minimum Gasteiger partial charge on any atom is -0.352 e. The molecule has 0 radical (unpaired) electrons. The predicted octanol–water partition coefficient (Wildman–Crippen LogP) is 5.83. The van der Waals surface area contributed by atoms with Gasteiger partial charge in [0.15, 0.2) is 0 Å². The summed E-state index contributed by atoms with van der Waals surface area (Å²) in [7, 11) is 4.65. The Kier molecular flexibility index (Phi) is 2.48. The van der Waals surface area contributed by atoms with E-state index in [1.807, 2.05) is 0 Å². The lowest BCUT2D eigenvalue weighted by atomic mass is 9.61. The highest BCUT2D eigenvalue weighted by Crippen LogP contribution is 3.04. The lowest BCUT2D eigenvalue weighted by Crippen LogP contribution is -2.63. The fourth-order valence-corrected chi connectivity index (χ4v) is 10.1. The standard InChI is InChI=1S/C29H28N4/c1-5-28-24-27(2)25-30(3)17-11-6-8-13-19(17)32(25)21-15-10-16-22(23(21)29(24,27)28)33-20-14-9-7-12-18(20)31(4)26(28)33/h6-16,24-26H,5H2,1-4H3. The van der Waals surface area contributed by atoms with Gasteiger partial charge in [-0.25, -0.2) is 0 Å². The van der Waals surface area contributed by atoms with E-state index in [2.05, 4.69) is 114 Å². The van der Waals surface area contributed by atoms with Gasteiger partial charge in [0.2, 0.25) is 0 Å². The molecule has 3 aromatic carbocycles. The Morgan fingerprint density at radius 2 is 1.15 bits per heavy atom. The number of hydrogen-bond donors (Lipinski definition) is 0. The average Bonchev–Trinajstić information content (AvgIpc) is 3.58. The Balaban J connectivity index is 1.39. The van der Waals surface area contributed by atoms with Crippen LogP contribution in [0.5, 0.6) is 0 Å². The molecular weight excluding hydrogens is 404 g/mol. The van der Waals surface area contributed by atoms with Gasteiger partial charge in [0, 0.05) is 47.3 Å². The number of anilines is 6. The van der Waals surface area contributed by atoms with Gasteiger partial charge in [0.05, 0.1) is 22.7 Å². The van der Waals surface area contributed by atoms with Crippen molar-refractivity contribution in [1.82, 2.24) is 0 Å². The molecule has 9 rings (SSSR count).